The first-order chi connectivity index (χ1) is 25.8. The third kappa shape index (κ3) is 3.83. The van der Waals surface area contributed by atoms with Crippen LogP contribution in [0.2, 0.25) is 0 Å². The van der Waals surface area contributed by atoms with Crippen LogP contribution in [0.4, 0.5) is 0 Å². The fourth-order valence-electron chi connectivity index (χ4n) is 8.45. The van der Waals surface area contributed by atoms with Gasteiger partial charge in [-0.1, -0.05) is 84.9 Å². The van der Waals surface area contributed by atoms with E-state index in [1.54, 1.807) is 0 Å². The predicted molar refractivity (Wildman–Crippen MR) is 219 cm³/mol. The van der Waals surface area contributed by atoms with Gasteiger partial charge < -0.3 is 8.98 Å². The molecule has 0 amide bonds. The van der Waals surface area contributed by atoms with Crippen LogP contribution < -0.4 is 0 Å². The molecule has 0 radical (unpaired) electrons. The molecule has 4 nitrogen and oxygen atoms in total. The molecular formula is C47H27N3OS. The predicted octanol–water partition coefficient (Wildman–Crippen LogP) is 13.2. The summed E-state index contributed by atoms with van der Waals surface area (Å²) < 4.78 is 13.4. The van der Waals surface area contributed by atoms with E-state index < -0.39 is 0 Å². The number of benzene rings is 7. The maximum atomic E-state index is 6.11. The Morgan fingerprint density at radius 1 is 0.442 bits per heavy atom. The van der Waals surface area contributed by atoms with Crippen molar-refractivity contribution < 1.29 is 4.42 Å². The highest BCUT2D eigenvalue weighted by molar-refractivity contribution is 7.26. The zero-order chi connectivity index (χ0) is 33.9. The third-order valence-electron chi connectivity index (χ3n) is 10.7. The van der Waals surface area contributed by atoms with Gasteiger partial charge in [0.05, 0.1) is 27.8 Å². The van der Waals surface area contributed by atoms with E-state index in [0.29, 0.717) is 0 Å². The SMILES string of the molecule is c1cc(-c2ccc3oc4ccccc4c3c2)nc(-n2c3ccccc3c3c4sc5ccc(-n6c7ccccc7c7ccccc76)cc5c4ccc32)c1. The van der Waals surface area contributed by atoms with Crippen molar-refractivity contribution in [3.05, 3.63) is 164 Å². The monoisotopic (exact) mass is 681 g/mol. The fourth-order valence-corrected chi connectivity index (χ4v) is 9.69. The van der Waals surface area contributed by atoms with Crippen molar-refractivity contribution in [1.82, 2.24) is 14.1 Å². The molecule has 0 aliphatic rings. The van der Waals surface area contributed by atoms with Gasteiger partial charge in [0.2, 0.25) is 0 Å². The number of hydrogen-bond donors (Lipinski definition) is 0. The maximum Gasteiger partial charge on any atom is 0.138 e. The van der Waals surface area contributed by atoms with Gasteiger partial charge in [-0.15, -0.1) is 11.3 Å². The molecular weight excluding hydrogens is 655 g/mol. The average molecular weight is 682 g/mol. The van der Waals surface area contributed by atoms with Gasteiger partial charge in [0.15, 0.2) is 0 Å². The lowest BCUT2D eigenvalue weighted by atomic mass is 10.1. The summed E-state index contributed by atoms with van der Waals surface area (Å²) in [5.74, 6) is 0.898. The van der Waals surface area contributed by atoms with Crippen LogP contribution in [0.25, 0.3) is 108 Å². The zero-order valence-corrected chi connectivity index (χ0v) is 28.6. The van der Waals surface area contributed by atoms with Crippen LogP contribution >= 0.6 is 11.3 Å². The molecule has 12 rings (SSSR count). The van der Waals surface area contributed by atoms with Gasteiger partial charge in [-0.25, -0.2) is 4.98 Å². The van der Waals surface area contributed by atoms with Gasteiger partial charge >= 0.3 is 0 Å². The van der Waals surface area contributed by atoms with E-state index in [1.807, 2.05) is 23.5 Å². The Labute approximate surface area is 301 Å². The highest BCUT2D eigenvalue weighted by Crippen LogP contribution is 2.44. The summed E-state index contributed by atoms with van der Waals surface area (Å²) in [5, 5.41) is 9.83. The van der Waals surface area contributed by atoms with E-state index in [1.165, 1.54) is 58.4 Å². The second kappa shape index (κ2) is 10.4. The van der Waals surface area contributed by atoms with Gasteiger partial charge in [0.1, 0.15) is 17.0 Å². The number of aromatic nitrogens is 3. The van der Waals surface area contributed by atoms with Crippen LogP contribution in [0.5, 0.6) is 0 Å². The Morgan fingerprint density at radius 2 is 1.13 bits per heavy atom. The summed E-state index contributed by atoms with van der Waals surface area (Å²) in [5.41, 5.74) is 9.70. The summed E-state index contributed by atoms with van der Waals surface area (Å²) in [6.45, 7) is 0. The Bertz CT molecular complexity index is 3380. The van der Waals surface area contributed by atoms with Crippen LogP contribution in [0.3, 0.4) is 0 Å². The Kier molecular flexibility index (Phi) is 5.62. The Balaban J connectivity index is 1.06. The minimum Gasteiger partial charge on any atom is -0.456 e. The van der Waals surface area contributed by atoms with E-state index in [4.69, 9.17) is 9.40 Å². The average Bonchev–Trinajstić information content (AvgIpc) is 3.95. The van der Waals surface area contributed by atoms with Crippen LogP contribution in [-0.2, 0) is 0 Å². The summed E-state index contributed by atoms with van der Waals surface area (Å²) in [6.07, 6.45) is 0. The molecule has 0 aliphatic carbocycles. The molecule has 52 heavy (non-hydrogen) atoms. The van der Waals surface area contributed by atoms with Crippen molar-refractivity contribution in [2.75, 3.05) is 0 Å². The summed E-state index contributed by atoms with van der Waals surface area (Å²) in [7, 11) is 0. The molecule has 0 N–H and O–H groups in total. The van der Waals surface area contributed by atoms with Crippen molar-refractivity contribution in [3.63, 3.8) is 0 Å². The summed E-state index contributed by atoms with van der Waals surface area (Å²) in [6, 6.07) is 58.6. The van der Waals surface area contributed by atoms with Crippen molar-refractivity contribution in [2.24, 2.45) is 0 Å². The van der Waals surface area contributed by atoms with Crippen molar-refractivity contribution in [2.45, 2.75) is 0 Å². The number of para-hydroxylation sites is 4. The van der Waals surface area contributed by atoms with Crippen molar-refractivity contribution in [1.29, 1.82) is 0 Å². The molecule has 0 fully saturated rings. The van der Waals surface area contributed by atoms with Gasteiger partial charge in [0.25, 0.3) is 0 Å². The molecule has 5 heterocycles. The molecule has 0 spiro atoms. The van der Waals surface area contributed by atoms with Crippen molar-refractivity contribution >= 4 is 97.1 Å². The number of thiophene rings is 1. The first kappa shape index (κ1) is 28.1. The van der Waals surface area contributed by atoms with Gasteiger partial charge in [0, 0.05) is 63.7 Å². The minimum atomic E-state index is 0.887. The number of hydrogen-bond acceptors (Lipinski definition) is 3. The summed E-state index contributed by atoms with van der Waals surface area (Å²) in [4.78, 5) is 5.30. The molecule has 0 saturated carbocycles. The quantitative estimate of drug-likeness (QED) is 0.186. The van der Waals surface area contributed by atoms with E-state index in [9.17, 15) is 0 Å². The molecule has 7 aromatic carbocycles. The van der Waals surface area contributed by atoms with Gasteiger partial charge in [-0.05, 0) is 78.9 Å². The Morgan fingerprint density at radius 3 is 1.94 bits per heavy atom. The van der Waals surface area contributed by atoms with Gasteiger partial charge in [-0.3, -0.25) is 4.57 Å². The number of rotatable bonds is 3. The first-order valence-corrected chi connectivity index (χ1v) is 18.4. The number of furan rings is 1. The van der Waals surface area contributed by atoms with E-state index >= 15 is 0 Å². The highest BCUT2D eigenvalue weighted by Gasteiger charge is 2.20. The molecule has 0 saturated heterocycles. The lowest BCUT2D eigenvalue weighted by Gasteiger charge is -2.09. The van der Waals surface area contributed by atoms with Crippen LogP contribution in [0.15, 0.2) is 168 Å². The number of pyridine rings is 1. The fraction of sp³-hybridized carbons (Fsp3) is 0. The molecule has 0 unspecified atom stereocenters. The smallest absolute Gasteiger partial charge is 0.138 e. The van der Waals surface area contributed by atoms with E-state index in [0.717, 1.165) is 50.0 Å². The van der Waals surface area contributed by atoms with Crippen LogP contribution in [0, 0.1) is 0 Å². The van der Waals surface area contributed by atoms with Crippen LogP contribution in [-0.4, -0.2) is 14.1 Å². The molecule has 5 aromatic heterocycles. The molecule has 12 aromatic rings. The van der Waals surface area contributed by atoms with Gasteiger partial charge in [-0.2, -0.15) is 0 Å². The van der Waals surface area contributed by atoms with E-state index in [2.05, 4.69) is 161 Å². The molecule has 0 aliphatic heterocycles. The number of fused-ring (bicyclic) bond motifs is 13. The Hall–Kier alpha value is -6.69. The van der Waals surface area contributed by atoms with Crippen molar-refractivity contribution in [3.8, 4) is 22.8 Å². The maximum absolute atomic E-state index is 6.11. The summed E-state index contributed by atoms with van der Waals surface area (Å²) >= 11 is 1.88. The molecule has 0 bridgehead atoms. The highest BCUT2D eigenvalue weighted by atomic mass is 32.1. The first-order valence-electron chi connectivity index (χ1n) is 17.5. The minimum absolute atomic E-state index is 0.887. The second-order valence-corrected chi connectivity index (χ2v) is 14.6. The molecule has 5 heteroatoms. The number of nitrogens with zero attached hydrogens (tertiary/aromatic N) is 3. The van der Waals surface area contributed by atoms with E-state index in [-0.39, 0.29) is 0 Å². The lowest BCUT2D eigenvalue weighted by molar-refractivity contribution is 0.669. The molecule has 242 valence electrons. The molecule has 0 atom stereocenters. The third-order valence-corrected chi connectivity index (χ3v) is 11.9. The second-order valence-electron chi connectivity index (χ2n) is 13.5. The largest absolute Gasteiger partial charge is 0.456 e. The standard InChI is InChI=1S/C47H27N3OS/c1-5-15-38-30(10-1)31-11-2-6-16-39(31)49(38)29-21-25-44-36(27-29)33-22-23-41-46(47(33)52-44)34-13-3-7-17-40(34)50(41)45-19-9-14-37(48-45)28-20-24-43-35(26-28)32-12-4-8-18-42(32)51-43/h1-27H. The topological polar surface area (TPSA) is 35.9 Å². The zero-order valence-electron chi connectivity index (χ0n) is 27.7. The lowest BCUT2D eigenvalue weighted by Crippen LogP contribution is -1.98. The van der Waals surface area contributed by atoms with Crippen LogP contribution in [0.1, 0.15) is 0 Å². The normalized spacial score (nSPS) is 12.2.